The van der Waals surface area contributed by atoms with Gasteiger partial charge in [-0.25, -0.2) is 4.39 Å². The first-order valence-electron chi connectivity index (χ1n) is 16.4. The fourth-order valence-corrected chi connectivity index (χ4v) is 9.03. The van der Waals surface area contributed by atoms with Crippen LogP contribution in [0.3, 0.4) is 0 Å². The van der Waals surface area contributed by atoms with Gasteiger partial charge in [0, 0.05) is 22.3 Å². The molecule has 1 fully saturated rings. The van der Waals surface area contributed by atoms with Crippen LogP contribution in [-0.2, 0) is 33.6 Å². The number of halogens is 1. The monoisotopic (exact) mass is 652 g/mol. The van der Waals surface area contributed by atoms with Crippen molar-refractivity contribution in [2.45, 2.75) is 72.3 Å². The maximum absolute atomic E-state index is 14.5. The normalized spacial score (nSPS) is 26.8. The first-order chi connectivity index (χ1) is 22.5. The number of fused-ring (bicyclic) bond motifs is 3. The van der Waals surface area contributed by atoms with Crippen molar-refractivity contribution in [2.24, 2.45) is 22.7 Å². The number of aliphatic hydroxyl groups is 3. The highest BCUT2D eigenvalue weighted by molar-refractivity contribution is 6.24. The number of carbonyl (C=O) groups is 3. The van der Waals surface area contributed by atoms with Gasteiger partial charge >= 0.3 is 0 Å². The van der Waals surface area contributed by atoms with Crippen LogP contribution in [0.25, 0.3) is 16.9 Å². The van der Waals surface area contributed by atoms with E-state index in [1.54, 1.807) is 45.9 Å². The summed E-state index contributed by atoms with van der Waals surface area (Å²) >= 11 is 0. The zero-order chi connectivity index (χ0) is 34.9. The second kappa shape index (κ2) is 11.5. The predicted octanol–water partition coefficient (Wildman–Crippen LogP) is 7.17. The first-order valence-corrected chi connectivity index (χ1v) is 16.4. The van der Waals surface area contributed by atoms with E-state index >= 15 is 0 Å². The molecular weight excluding hydrogens is 611 g/mol. The van der Waals surface area contributed by atoms with Crippen molar-refractivity contribution < 1.29 is 39.2 Å². The summed E-state index contributed by atoms with van der Waals surface area (Å²) in [5, 5.41) is 46.4. The van der Waals surface area contributed by atoms with Gasteiger partial charge in [-0.15, -0.1) is 0 Å². The van der Waals surface area contributed by atoms with Crippen molar-refractivity contribution in [2.75, 3.05) is 0 Å². The summed E-state index contributed by atoms with van der Waals surface area (Å²) in [5.41, 5.74) is -1.68. The Balaban J connectivity index is 1.41. The molecule has 1 unspecified atom stereocenters. The number of aliphatic hydroxyl groups excluding tert-OH is 2. The molecule has 3 aliphatic rings. The molecule has 4 atom stereocenters. The molecule has 6 rings (SSSR count). The number of allylic oxidation sites excluding steroid dienone is 1. The summed E-state index contributed by atoms with van der Waals surface area (Å²) < 4.78 is 13.6. The van der Waals surface area contributed by atoms with Crippen LogP contribution in [0.1, 0.15) is 69.7 Å². The average Bonchev–Trinajstić information content (AvgIpc) is 2.99. The third-order valence-corrected chi connectivity index (χ3v) is 11.0. The first kappa shape index (κ1) is 33.3. The molecule has 3 aromatic carbocycles. The van der Waals surface area contributed by atoms with E-state index in [4.69, 9.17) is 0 Å². The Hall–Kier alpha value is -4.56. The van der Waals surface area contributed by atoms with Crippen LogP contribution in [0.4, 0.5) is 4.39 Å². The van der Waals surface area contributed by atoms with Crippen LogP contribution in [-0.4, -0.2) is 43.4 Å². The fourth-order valence-electron chi connectivity index (χ4n) is 9.03. The largest absolute Gasteiger partial charge is 0.508 e. The van der Waals surface area contributed by atoms with Gasteiger partial charge in [-0.05, 0) is 91.0 Å². The minimum absolute atomic E-state index is 0.0320. The molecule has 48 heavy (non-hydrogen) atoms. The standard InChI is InChI=1S/C40H41FO7/c1-21(2)32-34(44)30(22(3)42)36(46)40(48)37(47)33-35(45)31-28(19-38(33,4)20-39(32,40)5)27(16-17-29(31)43)25-14-12-23(13-15-25)8-6-9-24-10-7-11-26(41)18-24/h7,10-18,21,32,43,45-46,48H,6,8-9,19-20H2,1-5H3/t32?,38-,39-,40+/m1/s1. The molecule has 7 nitrogen and oxygen atoms in total. The molecule has 3 aliphatic carbocycles. The smallest absolute Gasteiger partial charge is 0.203 e. The van der Waals surface area contributed by atoms with Gasteiger partial charge in [-0.3, -0.25) is 14.4 Å². The van der Waals surface area contributed by atoms with Gasteiger partial charge < -0.3 is 20.4 Å². The lowest BCUT2D eigenvalue weighted by Gasteiger charge is -2.59. The molecule has 250 valence electrons. The Morgan fingerprint density at radius 1 is 0.958 bits per heavy atom. The quantitative estimate of drug-likeness (QED) is 0.199. The molecule has 0 spiro atoms. The molecular formula is C40H41FO7. The number of aryl methyl sites for hydroxylation is 2. The Labute approximate surface area is 279 Å². The number of phenolic OH excluding ortho intramolecular Hbond substituents is 1. The summed E-state index contributed by atoms with van der Waals surface area (Å²) in [7, 11) is 0. The Bertz CT molecular complexity index is 1940. The molecule has 0 radical (unpaired) electrons. The number of aromatic hydroxyl groups is 1. The molecule has 3 aromatic rings. The third-order valence-electron chi connectivity index (χ3n) is 11.0. The number of rotatable bonds is 7. The number of phenols is 1. The molecule has 0 aromatic heterocycles. The molecule has 0 amide bonds. The Morgan fingerprint density at radius 3 is 2.25 bits per heavy atom. The Kier molecular flexibility index (Phi) is 8.02. The van der Waals surface area contributed by atoms with Gasteiger partial charge in [-0.2, -0.15) is 0 Å². The van der Waals surface area contributed by atoms with Gasteiger partial charge in [0.15, 0.2) is 17.2 Å². The van der Waals surface area contributed by atoms with Crippen LogP contribution < -0.4 is 0 Å². The lowest BCUT2D eigenvalue weighted by atomic mass is 9.43. The average molecular weight is 653 g/mol. The van der Waals surface area contributed by atoms with Crippen molar-refractivity contribution in [3.8, 4) is 16.9 Å². The van der Waals surface area contributed by atoms with Gasteiger partial charge in [0.2, 0.25) is 5.78 Å². The van der Waals surface area contributed by atoms with Gasteiger partial charge in [0.1, 0.15) is 28.7 Å². The SMILES string of the molecule is CC(=O)C1=C(O)[C@]2(O)C(=O)C3=C(O)c4c(O)ccc(-c5ccc(CCCc6cccc(F)c6)cc5)c4C[C@]3(C)C[C@]2(C)C(C(C)C)C1=O. The molecule has 0 bridgehead atoms. The van der Waals surface area contributed by atoms with Crippen LogP contribution in [0, 0.1) is 28.5 Å². The number of benzene rings is 3. The highest BCUT2D eigenvalue weighted by atomic mass is 19.1. The third kappa shape index (κ3) is 4.83. The van der Waals surface area contributed by atoms with Crippen LogP contribution in [0.5, 0.6) is 5.75 Å². The number of carbonyl (C=O) groups excluding carboxylic acids is 3. The summed E-state index contributed by atoms with van der Waals surface area (Å²) in [4.78, 5) is 40.8. The lowest BCUT2D eigenvalue weighted by Crippen LogP contribution is -2.69. The Morgan fingerprint density at radius 2 is 1.62 bits per heavy atom. The van der Waals surface area contributed by atoms with E-state index in [1.165, 1.54) is 12.1 Å². The minimum Gasteiger partial charge on any atom is -0.508 e. The van der Waals surface area contributed by atoms with E-state index in [0.29, 0.717) is 5.56 Å². The number of hydrogen-bond acceptors (Lipinski definition) is 7. The van der Waals surface area contributed by atoms with E-state index in [1.807, 2.05) is 30.3 Å². The van der Waals surface area contributed by atoms with E-state index in [0.717, 1.165) is 48.4 Å². The zero-order valence-electron chi connectivity index (χ0n) is 27.9. The lowest BCUT2D eigenvalue weighted by molar-refractivity contribution is -0.178. The van der Waals surface area contributed by atoms with Crippen LogP contribution in [0.15, 0.2) is 77.6 Å². The van der Waals surface area contributed by atoms with Crippen molar-refractivity contribution >= 4 is 23.1 Å². The summed E-state index contributed by atoms with van der Waals surface area (Å²) in [5.74, 6) is -5.69. The summed E-state index contributed by atoms with van der Waals surface area (Å²) in [6, 6.07) is 17.8. The molecule has 4 N–H and O–H groups in total. The van der Waals surface area contributed by atoms with Crippen LogP contribution in [0.2, 0.25) is 0 Å². The molecule has 0 aliphatic heterocycles. The number of Topliss-reactive ketones (excluding diaryl/α,β-unsaturated/α-hetero) is 3. The molecule has 0 saturated heterocycles. The van der Waals surface area contributed by atoms with Gasteiger partial charge in [0.05, 0.1) is 5.56 Å². The van der Waals surface area contributed by atoms with Crippen LogP contribution >= 0.6 is 0 Å². The summed E-state index contributed by atoms with van der Waals surface area (Å²) in [6.07, 6.45) is 2.61. The van der Waals surface area contributed by atoms with Gasteiger partial charge in [-0.1, -0.05) is 70.2 Å². The predicted molar refractivity (Wildman–Crippen MR) is 180 cm³/mol. The number of hydrogen-bond donors (Lipinski definition) is 4. The highest BCUT2D eigenvalue weighted by Gasteiger charge is 2.72. The van der Waals surface area contributed by atoms with E-state index in [-0.39, 0.29) is 35.5 Å². The minimum atomic E-state index is -2.64. The maximum atomic E-state index is 14.5. The molecule has 8 heteroatoms. The number of ketones is 3. The van der Waals surface area contributed by atoms with E-state index in [2.05, 4.69) is 0 Å². The maximum Gasteiger partial charge on any atom is 0.203 e. The molecule has 0 heterocycles. The van der Waals surface area contributed by atoms with Crippen molar-refractivity contribution in [3.05, 3.63) is 106 Å². The molecule has 1 saturated carbocycles. The second-order valence-electron chi connectivity index (χ2n) is 14.6. The van der Waals surface area contributed by atoms with Crippen molar-refractivity contribution in [1.82, 2.24) is 0 Å². The fraction of sp³-hybridized carbons (Fsp3) is 0.375. The van der Waals surface area contributed by atoms with E-state index < -0.39 is 62.7 Å². The van der Waals surface area contributed by atoms with E-state index in [9.17, 15) is 39.2 Å². The van der Waals surface area contributed by atoms with Gasteiger partial charge in [0.25, 0.3) is 0 Å². The topological polar surface area (TPSA) is 132 Å². The van der Waals surface area contributed by atoms with Crippen molar-refractivity contribution in [1.29, 1.82) is 0 Å². The highest BCUT2D eigenvalue weighted by Crippen LogP contribution is 2.65. The van der Waals surface area contributed by atoms with Crippen molar-refractivity contribution in [3.63, 3.8) is 0 Å². The zero-order valence-corrected chi connectivity index (χ0v) is 27.9. The summed E-state index contributed by atoms with van der Waals surface area (Å²) in [6.45, 7) is 8.06. The second-order valence-corrected chi connectivity index (χ2v) is 14.6.